The summed E-state index contributed by atoms with van der Waals surface area (Å²) in [6.07, 6.45) is -1.03. The second-order valence-corrected chi connectivity index (χ2v) is 18.7. The fraction of sp³-hybridized carbons (Fsp3) is 0.617. The number of aliphatic hydroxyl groups is 2. The smallest absolute Gasteiger partial charge is 0.326 e. The lowest BCUT2D eigenvalue weighted by Gasteiger charge is -2.28. The molecular formula is C47H79N15O14. The van der Waals surface area contributed by atoms with Gasteiger partial charge in [-0.05, 0) is 68.9 Å². The van der Waals surface area contributed by atoms with E-state index in [2.05, 4.69) is 47.5 Å². The first-order chi connectivity index (χ1) is 35.7. The number of primary amides is 2. The summed E-state index contributed by atoms with van der Waals surface area (Å²) < 4.78 is 0. The highest BCUT2D eigenvalue weighted by molar-refractivity contribution is 5.99. The van der Waals surface area contributed by atoms with Crippen LogP contribution in [0.2, 0.25) is 0 Å². The number of nitrogens with one attached hydrogen (secondary N) is 8. The second kappa shape index (κ2) is 34.9. The molecule has 1 aromatic rings. The highest BCUT2D eigenvalue weighted by Crippen LogP contribution is 2.12. The van der Waals surface area contributed by atoms with Crippen LogP contribution in [0.5, 0.6) is 0 Å². The third-order valence-electron chi connectivity index (χ3n) is 11.4. The minimum absolute atomic E-state index is 0.0343. The fourth-order valence-corrected chi connectivity index (χ4v) is 7.12. The van der Waals surface area contributed by atoms with E-state index < -0.39 is 139 Å². The Balaban J connectivity index is 3.40. The molecule has 0 aliphatic carbocycles. The van der Waals surface area contributed by atoms with Crippen molar-refractivity contribution in [3.05, 3.63) is 35.9 Å². The van der Waals surface area contributed by atoms with Crippen LogP contribution in [-0.4, -0.2) is 167 Å². The van der Waals surface area contributed by atoms with Crippen molar-refractivity contribution in [1.82, 2.24) is 42.5 Å². The number of carboxylic acids is 1. The van der Waals surface area contributed by atoms with Crippen molar-refractivity contribution in [1.29, 1.82) is 0 Å². The number of amides is 10. The van der Waals surface area contributed by atoms with Gasteiger partial charge in [-0.2, -0.15) is 0 Å². The maximum absolute atomic E-state index is 14.1. The van der Waals surface area contributed by atoms with Crippen LogP contribution in [0.1, 0.15) is 91.0 Å². The van der Waals surface area contributed by atoms with Gasteiger partial charge in [0.15, 0.2) is 5.96 Å². The number of guanidine groups is 1. The number of nitrogens with two attached hydrogens (primary N) is 6. The van der Waals surface area contributed by atoms with Gasteiger partial charge in [-0.15, -0.1) is 0 Å². The van der Waals surface area contributed by atoms with Crippen molar-refractivity contribution in [3.8, 4) is 0 Å². The molecule has 10 amide bonds. The Morgan fingerprint density at radius 2 is 0.961 bits per heavy atom. The summed E-state index contributed by atoms with van der Waals surface area (Å²) in [6, 6.07) is -5.27. The molecule has 29 heteroatoms. The number of unbranched alkanes of at least 4 members (excludes halogenated alkanes) is 1. The zero-order valence-corrected chi connectivity index (χ0v) is 43.4. The molecule has 76 heavy (non-hydrogen) atoms. The predicted octanol–water partition coefficient (Wildman–Crippen LogP) is -6.47. The largest absolute Gasteiger partial charge is 0.480 e. The van der Waals surface area contributed by atoms with Crippen LogP contribution in [0.15, 0.2) is 35.3 Å². The number of carbonyl (C=O) groups is 11. The molecule has 426 valence electrons. The van der Waals surface area contributed by atoms with Gasteiger partial charge in [0, 0.05) is 19.4 Å². The third kappa shape index (κ3) is 25.6. The highest BCUT2D eigenvalue weighted by Gasteiger charge is 2.36. The van der Waals surface area contributed by atoms with Crippen molar-refractivity contribution < 1.29 is 68.1 Å². The molecule has 0 fully saturated rings. The van der Waals surface area contributed by atoms with E-state index in [1.165, 1.54) is 0 Å². The van der Waals surface area contributed by atoms with Crippen molar-refractivity contribution >= 4 is 71.0 Å². The SMILES string of the molecule is CC(C)C[C@H](NC(=O)[C@H](CC(N)=O)NC(=O)[C@H](CO)NC(=O)[C@H](CO)NC(=O)[C@H](CCCN=C(N)N)NC(=O)[C@@H](N)C(C)C)C(=O)N[C@@H](CCCCN)C(=O)N[C@@H](Cc1ccccc1)C(=O)N[C@@H](CCC(N)=O)C(=O)O. The van der Waals surface area contributed by atoms with Gasteiger partial charge < -0.3 is 92.3 Å². The summed E-state index contributed by atoms with van der Waals surface area (Å²) in [5.74, 6) is -12.2. The van der Waals surface area contributed by atoms with Crippen LogP contribution in [0.3, 0.4) is 0 Å². The molecule has 0 aromatic heterocycles. The van der Waals surface area contributed by atoms with E-state index >= 15 is 0 Å². The Labute approximate surface area is 440 Å². The van der Waals surface area contributed by atoms with Gasteiger partial charge in [0.1, 0.15) is 48.3 Å². The van der Waals surface area contributed by atoms with Crippen molar-refractivity contribution in [2.24, 2.45) is 51.2 Å². The molecule has 0 aliphatic heterocycles. The number of carbonyl (C=O) groups excluding carboxylic acids is 10. The molecule has 0 saturated carbocycles. The summed E-state index contributed by atoms with van der Waals surface area (Å²) in [4.78, 5) is 148. The topological polar surface area (TPSA) is 513 Å². The average molecular weight is 1080 g/mol. The van der Waals surface area contributed by atoms with Crippen molar-refractivity contribution in [3.63, 3.8) is 0 Å². The molecule has 1 aromatic carbocycles. The molecule has 0 aliphatic rings. The van der Waals surface area contributed by atoms with E-state index in [0.29, 0.717) is 12.0 Å². The first-order valence-electron chi connectivity index (χ1n) is 24.7. The van der Waals surface area contributed by atoms with E-state index in [0.717, 1.165) is 0 Å². The van der Waals surface area contributed by atoms with Crippen molar-refractivity contribution in [2.45, 2.75) is 146 Å². The summed E-state index contributed by atoms with van der Waals surface area (Å²) in [6.45, 7) is 4.85. The fourth-order valence-electron chi connectivity index (χ4n) is 7.12. The van der Waals surface area contributed by atoms with Gasteiger partial charge in [0.25, 0.3) is 0 Å². The number of nitrogens with zero attached hydrogens (tertiary/aromatic N) is 1. The van der Waals surface area contributed by atoms with Crippen LogP contribution in [0.25, 0.3) is 0 Å². The zero-order chi connectivity index (χ0) is 57.7. The third-order valence-corrected chi connectivity index (χ3v) is 11.4. The number of rotatable bonds is 37. The van der Waals surface area contributed by atoms with E-state index in [4.69, 9.17) is 34.4 Å². The maximum atomic E-state index is 14.1. The molecule has 23 N–H and O–H groups in total. The van der Waals surface area contributed by atoms with E-state index in [9.17, 15) is 68.1 Å². The maximum Gasteiger partial charge on any atom is 0.326 e. The van der Waals surface area contributed by atoms with Gasteiger partial charge in [0.2, 0.25) is 59.1 Å². The minimum Gasteiger partial charge on any atom is -0.480 e. The van der Waals surface area contributed by atoms with Crippen LogP contribution < -0.4 is 76.9 Å². The summed E-state index contributed by atoms with van der Waals surface area (Å²) in [5.41, 5.74) is 33.6. The lowest BCUT2D eigenvalue weighted by molar-refractivity contribution is -0.142. The lowest BCUT2D eigenvalue weighted by Crippen LogP contribution is -2.61. The molecule has 29 nitrogen and oxygen atoms in total. The van der Waals surface area contributed by atoms with Crippen LogP contribution >= 0.6 is 0 Å². The molecule has 0 saturated heterocycles. The Morgan fingerprint density at radius 1 is 0.526 bits per heavy atom. The minimum atomic E-state index is -1.89. The molecule has 0 bridgehead atoms. The quantitative estimate of drug-likeness (QED) is 0.0167. The highest BCUT2D eigenvalue weighted by atomic mass is 16.4. The Bertz CT molecular complexity index is 2140. The Kier molecular flexibility index (Phi) is 30.5. The van der Waals surface area contributed by atoms with Gasteiger partial charge >= 0.3 is 5.97 Å². The summed E-state index contributed by atoms with van der Waals surface area (Å²) in [5, 5.41) is 49.1. The molecule has 0 heterocycles. The number of benzene rings is 1. The number of hydrogen-bond acceptors (Lipinski definition) is 16. The number of aliphatic hydroxyl groups excluding tert-OH is 2. The lowest BCUT2D eigenvalue weighted by atomic mass is 10.0. The van der Waals surface area contributed by atoms with Crippen LogP contribution in [0, 0.1) is 11.8 Å². The van der Waals surface area contributed by atoms with Crippen molar-refractivity contribution in [2.75, 3.05) is 26.3 Å². The Hall–Kier alpha value is -7.50. The van der Waals surface area contributed by atoms with Crippen LogP contribution in [0.4, 0.5) is 0 Å². The number of hydrogen-bond donors (Lipinski definition) is 17. The average Bonchev–Trinajstić information content (AvgIpc) is 3.34. The summed E-state index contributed by atoms with van der Waals surface area (Å²) in [7, 11) is 0. The predicted molar refractivity (Wildman–Crippen MR) is 275 cm³/mol. The first kappa shape index (κ1) is 66.5. The monoisotopic (exact) mass is 1080 g/mol. The Morgan fingerprint density at radius 3 is 1.43 bits per heavy atom. The second-order valence-electron chi connectivity index (χ2n) is 18.7. The van der Waals surface area contributed by atoms with E-state index in [1.807, 2.05) is 0 Å². The van der Waals surface area contributed by atoms with E-state index in [1.54, 1.807) is 58.0 Å². The first-order valence-corrected chi connectivity index (χ1v) is 24.7. The number of aliphatic carboxylic acids is 1. The van der Waals surface area contributed by atoms with Crippen LogP contribution in [-0.2, 0) is 59.2 Å². The summed E-state index contributed by atoms with van der Waals surface area (Å²) >= 11 is 0. The molecule has 0 spiro atoms. The van der Waals surface area contributed by atoms with Gasteiger partial charge in [-0.1, -0.05) is 58.0 Å². The molecule has 9 atom stereocenters. The molecule has 0 radical (unpaired) electrons. The van der Waals surface area contributed by atoms with Gasteiger partial charge in [-0.25, -0.2) is 4.79 Å². The normalized spacial score (nSPS) is 14.6. The van der Waals surface area contributed by atoms with E-state index in [-0.39, 0.29) is 82.3 Å². The number of carboxylic acid groups (broad SMARTS) is 1. The van der Waals surface area contributed by atoms with Gasteiger partial charge in [0.05, 0.1) is 25.7 Å². The van der Waals surface area contributed by atoms with Gasteiger partial charge in [-0.3, -0.25) is 52.9 Å². The molecular weight excluding hydrogens is 999 g/mol. The molecule has 1 rings (SSSR count). The zero-order valence-electron chi connectivity index (χ0n) is 43.4. The number of aliphatic imine (C=N–C) groups is 1. The standard InChI is InChI=1S/C47H79N15O14/c1-24(2)19-30(40(69)55-27(13-8-9-17-48)38(67)59-31(20-26-11-6-5-7-12-26)41(70)57-29(46(75)76)15-16-35(49)65)58-42(71)32(21-36(50)66)60-43(72)33(22-63)62-44(73)34(23-64)61-39(68)28(14-10-18-54-47(52)53)56-45(74)37(51)25(3)4/h5-7,11-12,24-25,27-34,37,63-64H,8-10,13-23,48,51H2,1-4H3,(H2,49,65)(H2,50,66)(H,55,69)(H,56,74)(H,57,70)(H,58,71)(H,59,67)(H,60,72)(H,61,68)(H,62,73)(H,75,76)(H4,52,53,54)/t27-,28-,29-,30-,31-,32-,33-,34-,37-/m0/s1. The molecule has 0 unspecified atom stereocenters.